The number of amides is 3. The predicted molar refractivity (Wildman–Crippen MR) is 133 cm³/mol. The number of imide groups is 1. The summed E-state index contributed by atoms with van der Waals surface area (Å²) in [5.41, 5.74) is 2.47. The van der Waals surface area contributed by atoms with Crippen LogP contribution < -0.4 is 5.32 Å². The number of nitrogens with zero attached hydrogens (tertiary/aromatic N) is 2. The van der Waals surface area contributed by atoms with E-state index in [-0.39, 0.29) is 18.2 Å². The fourth-order valence-corrected chi connectivity index (χ4v) is 5.70. The normalized spacial score (nSPS) is 18.2. The molecule has 6 nitrogen and oxygen atoms in total. The van der Waals surface area contributed by atoms with E-state index in [0.717, 1.165) is 52.7 Å². The lowest BCUT2D eigenvalue weighted by Gasteiger charge is -2.28. The smallest absolute Gasteiger partial charge is 0.325 e. The first-order chi connectivity index (χ1) is 16.6. The Balaban J connectivity index is 1.53. The van der Waals surface area contributed by atoms with Crippen LogP contribution in [0.1, 0.15) is 62.2 Å². The fraction of sp³-hybridized carbons (Fsp3) is 0.393. The molecule has 1 aliphatic heterocycles. The third-order valence-corrected chi connectivity index (χ3v) is 7.37. The number of aromatic nitrogens is 1. The van der Waals surface area contributed by atoms with Crippen molar-refractivity contribution in [3.8, 4) is 11.3 Å². The second-order valence-corrected chi connectivity index (χ2v) is 9.45. The van der Waals surface area contributed by atoms with E-state index in [9.17, 15) is 14.4 Å². The number of hydrogen-bond donors (Lipinski definition) is 1. The highest BCUT2D eigenvalue weighted by molar-refractivity contribution is 6.17. The molecule has 0 bridgehead atoms. The van der Waals surface area contributed by atoms with E-state index >= 15 is 0 Å². The maximum absolute atomic E-state index is 13.8. The summed E-state index contributed by atoms with van der Waals surface area (Å²) in [6, 6.07) is 17.3. The molecule has 6 heteroatoms. The molecule has 1 spiro atoms. The highest BCUT2D eigenvalue weighted by Crippen LogP contribution is 2.36. The number of Topliss-reactive ketones (excluding diaryl/α,β-unsaturated/α-hetero) is 1. The summed E-state index contributed by atoms with van der Waals surface area (Å²) in [5.74, 6) is -0.457. The molecule has 176 valence electrons. The van der Waals surface area contributed by atoms with Gasteiger partial charge in [0.15, 0.2) is 5.78 Å². The van der Waals surface area contributed by atoms with Crippen LogP contribution in [0.3, 0.4) is 0 Å². The molecule has 1 saturated carbocycles. The molecule has 3 amide bonds. The Morgan fingerprint density at radius 2 is 1.56 bits per heavy atom. The van der Waals surface area contributed by atoms with Gasteiger partial charge in [0.05, 0.1) is 17.8 Å². The Labute approximate surface area is 199 Å². The third kappa shape index (κ3) is 3.71. The van der Waals surface area contributed by atoms with Crippen molar-refractivity contribution in [1.82, 2.24) is 14.8 Å². The van der Waals surface area contributed by atoms with Crippen LogP contribution in [0.25, 0.3) is 22.2 Å². The molecule has 3 aromatic rings. The zero-order valence-electron chi connectivity index (χ0n) is 19.7. The molecule has 5 rings (SSSR count). The largest absolute Gasteiger partial charge is 0.340 e. The van der Waals surface area contributed by atoms with Gasteiger partial charge in [-0.2, -0.15) is 0 Å². The van der Waals surface area contributed by atoms with E-state index in [1.54, 1.807) is 0 Å². The second-order valence-electron chi connectivity index (χ2n) is 9.45. The van der Waals surface area contributed by atoms with Crippen molar-refractivity contribution in [3.63, 3.8) is 0 Å². The Hall–Kier alpha value is -3.41. The average Bonchev–Trinajstić information content (AvgIpc) is 3.29. The van der Waals surface area contributed by atoms with Crippen LogP contribution in [-0.4, -0.2) is 39.3 Å². The second kappa shape index (κ2) is 9.09. The van der Waals surface area contributed by atoms with Crippen molar-refractivity contribution >= 4 is 28.6 Å². The molecule has 2 fully saturated rings. The quantitative estimate of drug-likeness (QED) is 0.404. The highest BCUT2D eigenvalue weighted by atomic mass is 16.2. The van der Waals surface area contributed by atoms with Gasteiger partial charge in [-0.1, -0.05) is 80.6 Å². The zero-order chi connectivity index (χ0) is 23.7. The Morgan fingerprint density at radius 3 is 2.26 bits per heavy atom. The standard InChI is InChI=1S/C28H31N3O3/c1-2-30-22-16-10-9-15-21(22)24(25(30)20-13-7-6-8-14-20)23(32)19-31-26(33)28(29-27(31)34)17-11-4-3-5-12-18-28/h6-10,13-16H,2-5,11-12,17-19H2,1H3,(H,29,34). The summed E-state index contributed by atoms with van der Waals surface area (Å²) in [5, 5.41) is 3.82. The van der Waals surface area contributed by atoms with Gasteiger partial charge in [0.25, 0.3) is 5.91 Å². The molecular weight excluding hydrogens is 426 g/mol. The minimum atomic E-state index is -0.850. The summed E-state index contributed by atoms with van der Waals surface area (Å²) in [6.45, 7) is 2.51. The molecular formula is C28H31N3O3. The number of nitrogens with one attached hydrogen (secondary N) is 1. The maximum Gasteiger partial charge on any atom is 0.325 e. The Bertz CT molecular complexity index is 1240. The van der Waals surface area contributed by atoms with Crippen LogP contribution in [0.15, 0.2) is 54.6 Å². The van der Waals surface area contributed by atoms with Gasteiger partial charge in [-0.15, -0.1) is 0 Å². The van der Waals surface area contributed by atoms with E-state index in [1.807, 2.05) is 54.6 Å². The lowest BCUT2D eigenvalue weighted by Crippen LogP contribution is -2.47. The van der Waals surface area contributed by atoms with Crippen molar-refractivity contribution in [2.45, 2.75) is 64.0 Å². The molecule has 1 aromatic heterocycles. The van der Waals surface area contributed by atoms with Gasteiger partial charge in [-0.25, -0.2) is 4.79 Å². The zero-order valence-corrected chi connectivity index (χ0v) is 19.7. The van der Waals surface area contributed by atoms with Crippen LogP contribution in [0, 0.1) is 0 Å². The molecule has 0 radical (unpaired) electrons. The van der Waals surface area contributed by atoms with Gasteiger partial charge in [0, 0.05) is 17.4 Å². The SMILES string of the molecule is CCn1c(-c2ccccc2)c(C(=O)CN2C(=O)NC3(CCCCCCC3)C2=O)c2ccccc21. The van der Waals surface area contributed by atoms with Gasteiger partial charge >= 0.3 is 6.03 Å². The molecule has 1 saturated heterocycles. The van der Waals surface area contributed by atoms with E-state index in [2.05, 4.69) is 16.8 Å². The third-order valence-electron chi connectivity index (χ3n) is 7.37. The summed E-state index contributed by atoms with van der Waals surface area (Å²) in [4.78, 5) is 41.4. The van der Waals surface area contributed by atoms with E-state index < -0.39 is 11.6 Å². The van der Waals surface area contributed by atoms with Crippen molar-refractivity contribution in [2.24, 2.45) is 0 Å². The van der Waals surface area contributed by atoms with Crippen LogP contribution in [0.2, 0.25) is 0 Å². The summed E-state index contributed by atoms with van der Waals surface area (Å²) < 4.78 is 2.14. The van der Waals surface area contributed by atoms with Gasteiger partial charge in [-0.05, 0) is 31.4 Å². The number of hydrogen-bond acceptors (Lipinski definition) is 3. The highest BCUT2D eigenvalue weighted by Gasteiger charge is 2.51. The summed E-state index contributed by atoms with van der Waals surface area (Å²) in [6.07, 6.45) is 6.43. The summed E-state index contributed by atoms with van der Waals surface area (Å²) in [7, 11) is 0. The van der Waals surface area contributed by atoms with E-state index in [1.165, 1.54) is 6.42 Å². The Kier molecular flexibility index (Phi) is 5.98. The topological polar surface area (TPSA) is 71.4 Å². The Morgan fingerprint density at radius 1 is 0.912 bits per heavy atom. The van der Waals surface area contributed by atoms with E-state index in [4.69, 9.17) is 0 Å². The van der Waals surface area contributed by atoms with Crippen LogP contribution in [0.5, 0.6) is 0 Å². The molecule has 1 N–H and O–H groups in total. The van der Waals surface area contributed by atoms with Crippen molar-refractivity contribution < 1.29 is 14.4 Å². The van der Waals surface area contributed by atoms with Crippen LogP contribution >= 0.6 is 0 Å². The number of ketones is 1. The van der Waals surface area contributed by atoms with Crippen molar-refractivity contribution in [1.29, 1.82) is 0 Å². The van der Waals surface area contributed by atoms with Gasteiger partial charge in [0.2, 0.25) is 0 Å². The monoisotopic (exact) mass is 457 g/mol. The lowest BCUT2D eigenvalue weighted by atomic mass is 9.84. The van der Waals surface area contributed by atoms with Gasteiger partial charge < -0.3 is 9.88 Å². The molecule has 2 aliphatic rings. The minimum absolute atomic E-state index is 0.214. The fourth-order valence-electron chi connectivity index (χ4n) is 5.70. The van der Waals surface area contributed by atoms with Crippen molar-refractivity contribution in [3.05, 3.63) is 60.2 Å². The van der Waals surface area contributed by atoms with Gasteiger partial charge in [0.1, 0.15) is 5.54 Å². The number of rotatable bonds is 5. The molecule has 1 aliphatic carbocycles. The summed E-state index contributed by atoms with van der Waals surface area (Å²) >= 11 is 0. The number of fused-ring (bicyclic) bond motifs is 1. The van der Waals surface area contributed by atoms with Crippen LogP contribution in [-0.2, 0) is 11.3 Å². The first-order valence-corrected chi connectivity index (χ1v) is 12.4. The average molecular weight is 458 g/mol. The molecule has 34 heavy (non-hydrogen) atoms. The van der Waals surface area contributed by atoms with E-state index in [0.29, 0.717) is 24.9 Å². The molecule has 2 aromatic carbocycles. The first-order valence-electron chi connectivity index (χ1n) is 12.4. The van der Waals surface area contributed by atoms with Crippen molar-refractivity contribution in [2.75, 3.05) is 6.54 Å². The maximum atomic E-state index is 13.8. The number of carbonyl (C=O) groups excluding carboxylic acids is 3. The number of benzene rings is 2. The number of carbonyl (C=O) groups is 3. The number of urea groups is 1. The lowest BCUT2D eigenvalue weighted by molar-refractivity contribution is -0.131. The molecule has 0 unspecified atom stereocenters. The first kappa shape index (κ1) is 22.4. The van der Waals surface area contributed by atoms with Gasteiger partial charge in [-0.3, -0.25) is 14.5 Å². The number of para-hydroxylation sites is 1. The van der Waals surface area contributed by atoms with Crippen LogP contribution in [0.4, 0.5) is 4.79 Å². The minimum Gasteiger partial charge on any atom is -0.340 e. The molecule has 0 atom stereocenters. The predicted octanol–water partition coefficient (Wildman–Crippen LogP) is 5.55. The molecule has 2 heterocycles. The number of aryl methyl sites for hydroxylation is 1.